The second-order valence-corrected chi connectivity index (χ2v) is 10.3. The number of aliphatic hydroxyl groups is 1. The maximum atomic E-state index is 13.9. The summed E-state index contributed by atoms with van der Waals surface area (Å²) in [6.07, 6.45) is 0.491. The molecular weight excluding hydrogens is 444 g/mol. The van der Waals surface area contributed by atoms with Gasteiger partial charge in [0.2, 0.25) is 5.91 Å². The van der Waals surface area contributed by atoms with E-state index in [4.69, 9.17) is 0 Å². The molecule has 34 heavy (non-hydrogen) atoms. The van der Waals surface area contributed by atoms with E-state index in [9.17, 15) is 23.5 Å². The summed E-state index contributed by atoms with van der Waals surface area (Å²) in [5.74, 6) is -2.19. The first-order valence-electron chi connectivity index (χ1n) is 11.5. The first-order chi connectivity index (χ1) is 16.0. The van der Waals surface area contributed by atoms with Crippen LogP contribution in [0.2, 0.25) is 0 Å². The van der Waals surface area contributed by atoms with E-state index in [2.05, 4.69) is 15.3 Å². The van der Waals surface area contributed by atoms with Crippen LogP contribution in [0.25, 0.3) is 11.3 Å². The Kier molecular flexibility index (Phi) is 6.48. The number of nitrogens with zero attached hydrogens (tertiary/aromatic N) is 4. The first-order valence-corrected chi connectivity index (χ1v) is 11.5. The molecule has 0 bridgehead atoms. The smallest absolute Gasteiger partial charge is 0.343 e. The third-order valence-electron chi connectivity index (χ3n) is 6.49. The highest BCUT2D eigenvalue weighted by Crippen LogP contribution is 2.31. The number of aliphatic hydroxyl groups excluding tert-OH is 1. The van der Waals surface area contributed by atoms with Gasteiger partial charge in [-0.05, 0) is 37.1 Å². The number of fused-ring (bicyclic) bond motifs is 1. The lowest BCUT2D eigenvalue weighted by Gasteiger charge is -2.33. The minimum Gasteiger partial charge on any atom is -0.391 e. The number of nitrogens with one attached hydrogen (secondary N) is 1. The van der Waals surface area contributed by atoms with Gasteiger partial charge in [0, 0.05) is 43.7 Å². The monoisotopic (exact) mass is 475 g/mol. The van der Waals surface area contributed by atoms with Crippen molar-refractivity contribution in [1.29, 1.82) is 0 Å². The molecule has 1 fully saturated rings. The number of carbonyl (C=O) groups excluding carboxylic acids is 2. The van der Waals surface area contributed by atoms with Crippen LogP contribution in [0.5, 0.6) is 0 Å². The van der Waals surface area contributed by atoms with E-state index >= 15 is 0 Å². The number of likely N-dealkylation sites (tertiary alicyclic amines) is 1. The predicted molar refractivity (Wildman–Crippen MR) is 122 cm³/mol. The lowest BCUT2D eigenvalue weighted by molar-refractivity contribution is -0.135. The van der Waals surface area contributed by atoms with Crippen molar-refractivity contribution in [3.63, 3.8) is 0 Å². The fourth-order valence-electron chi connectivity index (χ4n) is 4.56. The zero-order chi connectivity index (χ0) is 24.8. The molecule has 0 unspecified atom stereocenters. The van der Waals surface area contributed by atoms with Crippen LogP contribution >= 0.6 is 0 Å². The molecule has 1 aromatic heterocycles. The molecular formula is C24H31F2N5O3. The van der Waals surface area contributed by atoms with Gasteiger partial charge in [0.15, 0.2) is 11.6 Å². The van der Waals surface area contributed by atoms with Crippen LogP contribution in [-0.4, -0.2) is 75.5 Å². The molecule has 0 radical (unpaired) electrons. The highest BCUT2D eigenvalue weighted by Gasteiger charge is 2.39. The van der Waals surface area contributed by atoms with Crippen molar-refractivity contribution < 1.29 is 23.5 Å². The maximum absolute atomic E-state index is 13.9. The predicted octanol–water partition coefficient (Wildman–Crippen LogP) is 2.38. The molecule has 2 aliphatic heterocycles. The van der Waals surface area contributed by atoms with E-state index in [1.165, 1.54) is 10.7 Å². The number of carbonyl (C=O) groups is 2. The zero-order valence-corrected chi connectivity index (χ0v) is 19.9. The van der Waals surface area contributed by atoms with Gasteiger partial charge in [0.1, 0.15) is 6.04 Å². The third kappa shape index (κ3) is 4.69. The lowest BCUT2D eigenvalue weighted by atomic mass is 9.86. The molecule has 4 rings (SSSR count). The van der Waals surface area contributed by atoms with Crippen molar-refractivity contribution in [2.24, 2.45) is 5.41 Å². The van der Waals surface area contributed by atoms with Crippen LogP contribution in [-0.2, 0) is 17.8 Å². The molecule has 184 valence electrons. The Labute approximate surface area is 197 Å². The number of aromatic nitrogens is 2. The van der Waals surface area contributed by atoms with Crippen LogP contribution in [0.3, 0.4) is 0 Å². The van der Waals surface area contributed by atoms with Crippen molar-refractivity contribution in [1.82, 2.24) is 24.9 Å². The quantitative estimate of drug-likeness (QED) is 0.712. The second kappa shape index (κ2) is 9.07. The molecule has 2 atom stereocenters. The number of rotatable bonds is 3. The van der Waals surface area contributed by atoms with Gasteiger partial charge in [0.25, 0.3) is 0 Å². The van der Waals surface area contributed by atoms with E-state index in [0.717, 1.165) is 17.7 Å². The fourth-order valence-corrected chi connectivity index (χ4v) is 4.56. The Morgan fingerprint density at radius 1 is 1.21 bits per heavy atom. The van der Waals surface area contributed by atoms with Gasteiger partial charge in [-0.15, -0.1) is 0 Å². The van der Waals surface area contributed by atoms with Gasteiger partial charge < -0.3 is 20.2 Å². The summed E-state index contributed by atoms with van der Waals surface area (Å²) in [6, 6.07) is 2.18. The standard InChI is InChI=1S/C24H31F2N5O3/c1-24(2,3)21(22(33)30-10-7-15(32)12-30)27-23(34)31-19-8-9-29(4)13-16(19)20(28-31)14-5-6-17(25)18(26)11-14/h5-6,11,15,21,32H,7-10,12-13H2,1-4H3,(H,27,34)/t15-,21-/m1/s1. The minimum atomic E-state index is -0.986. The van der Waals surface area contributed by atoms with Crippen molar-refractivity contribution in [2.45, 2.75) is 52.3 Å². The topological polar surface area (TPSA) is 90.7 Å². The Hall–Kier alpha value is -2.85. The Morgan fingerprint density at radius 2 is 1.94 bits per heavy atom. The molecule has 0 aliphatic carbocycles. The number of β-amino-alcohol motifs (C(OH)–C–C–N with tert-alkyl or cyclic N) is 1. The van der Waals surface area contributed by atoms with E-state index in [1.807, 2.05) is 27.8 Å². The number of halogens is 2. The maximum Gasteiger partial charge on any atom is 0.343 e. The summed E-state index contributed by atoms with van der Waals surface area (Å²) in [5, 5.41) is 17.2. The summed E-state index contributed by atoms with van der Waals surface area (Å²) in [5.41, 5.74) is 1.67. The van der Waals surface area contributed by atoms with E-state index in [0.29, 0.717) is 49.4 Å². The molecule has 1 saturated heterocycles. The molecule has 2 aliphatic rings. The number of hydrogen-bond donors (Lipinski definition) is 2. The summed E-state index contributed by atoms with van der Waals surface area (Å²) >= 11 is 0. The minimum absolute atomic E-state index is 0.241. The Balaban J connectivity index is 1.68. The molecule has 1 aromatic carbocycles. The molecule has 2 N–H and O–H groups in total. The summed E-state index contributed by atoms with van der Waals surface area (Å²) in [7, 11) is 1.94. The number of amides is 2. The van der Waals surface area contributed by atoms with Crippen LogP contribution in [0.4, 0.5) is 13.6 Å². The van der Waals surface area contributed by atoms with Crippen molar-refractivity contribution >= 4 is 11.9 Å². The fraction of sp³-hybridized carbons (Fsp3) is 0.542. The largest absolute Gasteiger partial charge is 0.391 e. The average molecular weight is 476 g/mol. The number of hydrogen-bond acceptors (Lipinski definition) is 5. The van der Waals surface area contributed by atoms with E-state index < -0.39 is 35.2 Å². The molecule has 2 amide bonds. The molecule has 10 heteroatoms. The number of benzene rings is 1. The highest BCUT2D eigenvalue weighted by atomic mass is 19.2. The Bertz CT molecular complexity index is 1110. The zero-order valence-electron chi connectivity index (χ0n) is 19.9. The van der Waals surface area contributed by atoms with Gasteiger partial charge in [-0.1, -0.05) is 20.8 Å². The average Bonchev–Trinajstić information content (AvgIpc) is 3.36. The summed E-state index contributed by atoms with van der Waals surface area (Å²) in [6.45, 7) is 7.48. The van der Waals surface area contributed by atoms with Crippen LogP contribution < -0.4 is 5.32 Å². The van der Waals surface area contributed by atoms with Gasteiger partial charge in [0.05, 0.1) is 17.5 Å². The van der Waals surface area contributed by atoms with Gasteiger partial charge in [-0.25, -0.2) is 13.6 Å². The van der Waals surface area contributed by atoms with Crippen molar-refractivity contribution in [3.8, 4) is 11.3 Å². The lowest BCUT2D eigenvalue weighted by Crippen LogP contribution is -2.55. The second-order valence-electron chi connectivity index (χ2n) is 10.3. The van der Waals surface area contributed by atoms with Gasteiger partial charge in [-0.2, -0.15) is 9.78 Å². The van der Waals surface area contributed by atoms with Crippen molar-refractivity contribution in [2.75, 3.05) is 26.7 Å². The SMILES string of the molecule is CN1CCc2c(c(-c3ccc(F)c(F)c3)nn2C(=O)N[C@H](C(=O)N2CC[C@@H](O)C2)C(C)(C)C)C1. The van der Waals surface area contributed by atoms with Crippen molar-refractivity contribution in [3.05, 3.63) is 41.1 Å². The Morgan fingerprint density at radius 3 is 2.56 bits per heavy atom. The molecule has 3 heterocycles. The van der Waals surface area contributed by atoms with Gasteiger partial charge >= 0.3 is 6.03 Å². The normalized spacial score (nSPS) is 19.7. The molecule has 0 saturated carbocycles. The third-order valence-corrected chi connectivity index (χ3v) is 6.49. The van der Waals surface area contributed by atoms with Crippen LogP contribution in [0.15, 0.2) is 18.2 Å². The van der Waals surface area contributed by atoms with Crippen LogP contribution in [0, 0.1) is 17.0 Å². The summed E-state index contributed by atoms with van der Waals surface area (Å²) in [4.78, 5) is 30.3. The van der Waals surface area contributed by atoms with E-state index in [-0.39, 0.29) is 12.5 Å². The van der Waals surface area contributed by atoms with Gasteiger partial charge in [-0.3, -0.25) is 4.79 Å². The molecule has 8 nitrogen and oxygen atoms in total. The first kappa shape index (κ1) is 24.3. The van der Waals surface area contributed by atoms with Crippen LogP contribution in [0.1, 0.15) is 38.4 Å². The van der Waals surface area contributed by atoms with E-state index in [1.54, 1.807) is 4.90 Å². The molecule has 0 spiro atoms. The molecule has 2 aromatic rings. The highest BCUT2D eigenvalue weighted by molar-refractivity contribution is 5.89. The number of likely N-dealkylation sites (N-methyl/N-ethyl adjacent to an activating group) is 1. The summed E-state index contributed by atoms with van der Waals surface area (Å²) < 4.78 is 28.7.